The molecule has 1 unspecified atom stereocenters. The van der Waals surface area contributed by atoms with E-state index < -0.39 is 22.5 Å². The maximum absolute atomic E-state index is 12.8. The molecule has 0 aliphatic rings. The standard InChI is InChI=1S/C19H16Cl2N4O3S2/c20-12-2-1-3-13(21)15(12)16(27)17-18(23)25-19(29-17)24-10-4-6-11(7-5-10)30(28)9-8-14(22)26/h1-7H,8-9,23H2,(H2,22,26)(H,24,25). The van der Waals surface area contributed by atoms with Crippen LogP contribution in [0.1, 0.15) is 21.7 Å². The summed E-state index contributed by atoms with van der Waals surface area (Å²) >= 11 is 13.3. The van der Waals surface area contributed by atoms with Crippen molar-refractivity contribution in [1.82, 2.24) is 4.98 Å². The van der Waals surface area contributed by atoms with Crippen LogP contribution in [0, 0.1) is 0 Å². The van der Waals surface area contributed by atoms with E-state index in [1.165, 1.54) is 0 Å². The van der Waals surface area contributed by atoms with Gasteiger partial charge in [0.25, 0.3) is 0 Å². The molecule has 0 aliphatic heterocycles. The van der Waals surface area contributed by atoms with Crippen molar-refractivity contribution in [1.29, 1.82) is 0 Å². The summed E-state index contributed by atoms with van der Waals surface area (Å²) < 4.78 is 12.1. The molecule has 1 atom stereocenters. The summed E-state index contributed by atoms with van der Waals surface area (Å²) in [5.41, 5.74) is 11.8. The van der Waals surface area contributed by atoms with Crippen LogP contribution in [0.25, 0.3) is 0 Å². The second-order valence-electron chi connectivity index (χ2n) is 6.07. The van der Waals surface area contributed by atoms with E-state index in [1.54, 1.807) is 42.5 Å². The summed E-state index contributed by atoms with van der Waals surface area (Å²) in [4.78, 5) is 28.6. The van der Waals surface area contributed by atoms with E-state index in [9.17, 15) is 13.8 Å². The molecule has 3 aromatic rings. The number of ketones is 1. The number of amides is 1. The number of carbonyl (C=O) groups excluding carboxylic acids is 2. The number of hydrogen-bond donors (Lipinski definition) is 3. The van der Waals surface area contributed by atoms with Crippen LogP contribution in [-0.4, -0.2) is 26.6 Å². The molecule has 1 amide bonds. The maximum Gasteiger partial charge on any atom is 0.218 e. The van der Waals surface area contributed by atoms with Gasteiger partial charge >= 0.3 is 0 Å². The Labute approximate surface area is 188 Å². The van der Waals surface area contributed by atoms with Gasteiger partial charge < -0.3 is 16.8 Å². The number of primary amides is 1. The minimum Gasteiger partial charge on any atom is -0.382 e. The van der Waals surface area contributed by atoms with Crippen LogP contribution in [0.5, 0.6) is 0 Å². The molecule has 0 fully saturated rings. The molecule has 30 heavy (non-hydrogen) atoms. The van der Waals surface area contributed by atoms with Crippen LogP contribution < -0.4 is 16.8 Å². The topological polar surface area (TPSA) is 128 Å². The summed E-state index contributed by atoms with van der Waals surface area (Å²) in [6.07, 6.45) is 0.0528. The average Bonchev–Trinajstić information content (AvgIpc) is 3.06. The number of nitrogens with one attached hydrogen (secondary N) is 1. The number of rotatable bonds is 8. The maximum atomic E-state index is 12.8. The Morgan fingerprint density at radius 3 is 2.33 bits per heavy atom. The molecule has 0 saturated heterocycles. The van der Waals surface area contributed by atoms with E-state index in [-0.39, 0.29) is 38.5 Å². The average molecular weight is 483 g/mol. The van der Waals surface area contributed by atoms with Gasteiger partial charge in [0.15, 0.2) is 5.13 Å². The van der Waals surface area contributed by atoms with Gasteiger partial charge in [-0.1, -0.05) is 40.6 Å². The highest BCUT2D eigenvalue weighted by atomic mass is 35.5. The van der Waals surface area contributed by atoms with E-state index in [1.807, 2.05) is 0 Å². The lowest BCUT2D eigenvalue weighted by molar-refractivity contribution is -0.117. The van der Waals surface area contributed by atoms with E-state index in [2.05, 4.69) is 10.3 Å². The molecule has 1 aromatic heterocycles. The third-order valence-corrected chi connectivity index (χ3v) is 6.94. The van der Waals surface area contributed by atoms with Gasteiger partial charge in [0.2, 0.25) is 11.7 Å². The lowest BCUT2D eigenvalue weighted by Gasteiger charge is -2.05. The molecule has 0 bridgehead atoms. The summed E-state index contributed by atoms with van der Waals surface area (Å²) in [5, 5.41) is 3.92. The fourth-order valence-corrected chi connectivity index (χ4v) is 4.98. The fraction of sp³-hybridized carbons (Fsp3) is 0.105. The molecule has 5 N–H and O–H groups in total. The Kier molecular flexibility index (Phi) is 7.09. The number of halogens is 2. The molecular formula is C19H16Cl2N4O3S2. The minimum atomic E-state index is -1.32. The van der Waals surface area contributed by atoms with Gasteiger partial charge in [-0.05, 0) is 36.4 Å². The Morgan fingerprint density at radius 1 is 1.10 bits per heavy atom. The van der Waals surface area contributed by atoms with E-state index in [0.29, 0.717) is 15.7 Å². The molecule has 156 valence electrons. The lowest BCUT2D eigenvalue weighted by Crippen LogP contribution is -2.14. The lowest BCUT2D eigenvalue weighted by atomic mass is 10.1. The second-order valence-corrected chi connectivity index (χ2v) is 9.46. The van der Waals surface area contributed by atoms with Crippen molar-refractivity contribution in [3.05, 3.63) is 63.0 Å². The SMILES string of the molecule is NC(=O)CCS(=O)c1ccc(Nc2nc(N)c(C(=O)c3c(Cl)cccc3Cl)s2)cc1. The van der Waals surface area contributed by atoms with Crippen molar-refractivity contribution in [3.8, 4) is 0 Å². The first-order valence-electron chi connectivity index (χ1n) is 8.55. The van der Waals surface area contributed by atoms with Gasteiger partial charge in [0.1, 0.15) is 10.7 Å². The summed E-state index contributed by atoms with van der Waals surface area (Å²) in [6.45, 7) is 0. The second kappa shape index (κ2) is 9.57. The molecule has 0 spiro atoms. The molecule has 3 rings (SSSR count). The van der Waals surface area contributed by atoms with Crippen LogP contribution in [0.3, 0.4) is 0 Å². The smallest absolute Gasteiger partial charge is 0.218 e. The number of nitrogens with two attached hydrogens (primary N) is 2. The molecular weight excluding hydrogens is 467 g/mol. The van der Waals surface area contributed by atoms with Gasteiger partial charge in [-0.15, -0.1) is 0 Å². The van der Waals surface area contributed by atoms with E-state index >= 15 is 0 Å². The van der Waals surface area contributed by atoms with Crippen LogP contribution in [0.2, 0.25) is 10.0 Å². The highest BCUT2D eigenvalue weighted by Crippen LogP contribution is 2.34. The largest absolute Gasteiger partial charge is 0.382 e. The highest BCUT2D eigenvalue weighted by Gasteiger charge is 2.22. The molecule has 0 aliphatic carbocycles. The normalized spacial score (nSPS) is 11.8. The predicted molar refractivity (Wildman–Crippen MR) is 121 cm³/mol. The Balaban J connectivity index is 1.75. The van der Waals surface area contributed by atoms with Crippen molar-refractivity contribution in [2.45, 2.75) is 11.3 Å². The monoisotopic (exact) mass is 482 g/mol. The quantitative estimate of drug-likeness (QED) is 0.416. The Hall–Kier alpha value is -2.46. The van der Waals surface area contributed by atoms with Gasteiger partial charge in [-0.3, -0.25) is 13.8 Å². The van der Waals surface area contributed by atoms with Crippen molar-refractivity contribution in [2.75, 3.05) is 16.8 Å². The van der Waals surface area contributed by atoms with E-state index in [0.717, 1.165) is 11.3 Å². The molecule has 0 radical (unpaired) electrons. The molecule has 11 heteroatoms. The third kappa shape index (κ3) is 5.17. The molecule has 1 heterocycles. The zero-order valence-electron chi connectivity index (χ0n) is 15.4. The van der Waals surface area contributed by atoms with Crippen molar-refractivity contribution < 1.29 is 13.8 Å². The van der Waals surface area contributed by atoms with Crippen LogP contribution in [-0.2, 0) is 15.6 Å². The Bertz CT molecular complexity index is 1110. The predicted octanol–water partition coefficient (Wildman–Crippen LogP) is 3.99. The third-order valence-electron chi connectivity index (χ3n) is 3.95. The van der Waals surface area contributed by atoms with Gasteiger partial charge in [-0.2, -0.15) is 0 Å². The number of anilines is 3. The van der Waals surface area contributed by atoms with Gasteiger partial charge in [0.05, 0.1) is 26.4 Å². The highest BCUT2D eigenvalue weighted by molar-refractivity contribution is 7.85. The zero-order chi connectivity index (χ0) is 21.8. The van der Waals surface area contributed by atoms with Crippen LogP contribution in [0.4, 0.5) is 16.6 Å². The van der Waals surface area contributed by atoms with Crippen molar-refractivity contribution >= 4 is 73.7 Å². The minimum absolute atomic E-state index is 0.0528. The number of carbonyl (C=O) groups is 2. The number of aromatic nitrogens is 1. The van der Waals surface area contributed by atoms with E-state index in [4.69, 9.17) is 34.7 Å². The number of nitrogen functional groups attached to an aromatic ring is 1. The molecule has 7 nitrogen and oxygen atoms in total. The first kappa shape index (κ1) is 22.2. The number of thiazole rings is 1. The number of nitrogens with zero attached hydrogens (tertiary/aromatic N) is 1. The van der Waals surface area contributed by atoms with Crippen molar-refractivity contribution in [3.63, 3.8) is 0 Å². The van der Waals surface area contributed by atoms with Gasteiger partial charge in [-0.25, -0.2) is 4.98 Å². The zero-order valence-corrected chi connectivity index (χ0v) is 18.5. The van der Waals surface area contributed by atoms with Crippen molar-refractivity contribution in [2.24, 2.45) is 5.73 Å². The molecule has 2 aromatic carbocycles. The first-order chi connectivity index (χ1) is 14.3. The van der Waals surface area contributed by atoms with Gasteiger partial charge in [0, 0.05) is 22.8 Å². The Morgan fingerprint density at radius 2 is 1.73 bits per heavy atom. The van der Waals surface area contributed by atoms with Crippen LogP contribution in [0.15, 0.2) is 47.4 Å². The first-order valence-corrected chi connectivity index (χ1v) is 11.4. The number of hydrogen-bond acceptors (Lipinski definition) is 7. The summed E-state index contributed by atoms with van der Waals surface area (Å²) in [7, 11) is -1.32. The summed E-state index contributed by atoms with van der Waals surface area (Å²) in [6, 6.07) is 11.6. The number of benzene rings is 2. The molecule has 0 saturated carbocycles. The van der Waals surface area contributed by atoms with Crippen LogP contribution >= 0.6 is 34.5 Å². The summed E-state index contributed by atoms with van der Waals surface area (Å²) in [5.74, 6) is -0.672. The fourth-order valence-electron chi connectivity index (χ4n) is 2.50.